The number of carbonyl (C=O) groups excluding carboxylic acids is 1. The second kappa shape index (κ2) is 8.94. The maximum atomic E-state index is 12.4. The molecule has 0 spiro atoms. The minimum atomic E-state index is -0.508. The molecule has 28 heavy (non-hydrogen) atoms. The van der Waals surface area contributed by atoms with Gasteiger partial charge in [-0.2, -0.15) is 0 Å². The second-order valence-electron chi connectivity index (χ2n) is 7.79. The summed E-state index contributed by atoms with van der Waals surface area (Å²) in [6.45, 7) is 9.46. The normalized spacial score (nSPS) is 20.9. The lowest BCUT2D eigenvalue weighted by atomic mass is 10.1. The van der Waals surface area contributed by atoms with E-state index >= 15 is 0 Å². The van der Waals surface area contributed by atoms with Crippen LogP contribution in [0.2, 0.25) is 0 Å². The molecule has 3 rings (SSSR count). The quantitative estimate of drug-likeness (QED) is 0.520. The predicted molar refractivity (Wildman–Crippen MR) is 107 cm³/mol. The number of ether oxygens (including phenoxy) is 2. The van der Waals surface area contributed by atoms with Crippen molar-refractivity contribution in [2.75, 3.05) is 53.0 Å². The summed E-state index contributed by atoms with van der Waals surface area (Å²) >= 11 is 0. The minimum absolute atomic E-state index is 0.248. The van der Waals surface area contributed by atoms with E-state index in [2.05, 4.69) is 7.05 Å². The van der Waals surface area contributed by atoms with Crippen molar-refractivity contribution in [3.05, 3.63) is 29.5 Å². The number of hydrogen-bond donors (Lipinski definition) is 3. The van der Waals surface area contributed by atoms with Crippen molar-refractivity contribution in [2.45, 2.75) is 20.0 Å². The molecule has 1 saturated heterocycles. The number of rotatable bonds is 7. The molecule has 0 radical (unpaired) electrons. The molecule has 7 heteroatoms. The molecule has 2 heterocycles. The molecule has 3 N–H and O–H groups in total. The summed E-state index contributed by atoms with van der Waals surface area (Å²) in [5, 5.41) is 11.2. The molecule has 1 aromatic heterocycles. The lowest BCUT2D eigenvalue weighted by molar-refractivity contribution is -1.00. The Hall–Kier alpha value is -2.09. The zero-order valence-electron chi connectivity index (χ0n) is 17.4. The number of quaternary nitrogens is 2. The number of aliphatic hydroxyl groups excluding tert-OH is 1. The van der Waals surface area contributed by atoms with Crippen LogP contribution in [0.3, 0.4) is 0 Å². The van der Waals surface area contributed by atoms with Crippen molar-refractivity contribution in [3.63, 3.8) is 0 Å². The summed E-state index contributed by atoms with van der Waals surface area (Å²) in [5.74, 6) is 0.337. The summed E-state index contributed by atoms with van der Waals surface area (Å²) in [6.07, 6.45) is -0.508. The fourth-order valence-electron chi connectivity index (χ4n) is 3.92. The molecular weight excluding hydrogens is 358 g/mol. The number of carbonyl (C=O) groups is 1. The zero-order valence-corrected chi connectivity index (χ0v) is 17.4. The van der Waals surface area contributed by atoms with Crippen LogP contribution in [0.4, 0.5) is 0 Å². The summed E-state index contributed by atoms with van der Waals surface area (Å²) in [6, 6.07) is 5.70. The van der Waals surface area contributed by atoms with Gasteiger partial charge in [-0.25, -0.2) is 4.79 Å². The van der Waals surface area contributed by atoms with Gasteiger partial charge in [-0.1, -0.05) is 0 Å². The molecule has 0 aliphatic carbocycles. The van der Waals surface area contributed by atoms with Crippen LogP contribution >= 0.6 is 0 Å². The lowest BCUT2D eigenvalue weighted by Gasteiger charge is -2.28. The standard InChI is InChI=1S/C21H31N3O4/c1-5-27-21(26)20-15(2)23(4)19-7-6-17(12-18(19)20)28-14-16(25)13-24-10-8-22(3)9-11-24/h6-7,12,16,25H,5,8-11,13-14H2,1-4H3/p+2/t16-/m1/s1. The van der Waals surface area contributed by atoms with Gasteiger partial charge in [0.1, 0.15) is 51.2 Å². The van der Waals surface area contributed by atoms with Crippen LogP contribution in [0.15, 0.2) is 18.2 Å². The maximum Gasteiger partial charge on any atom is 0.340 e. The topological polar surface area (TPSA) is 69.6 Å². The van der Waals surface area contributed by atoms with E-state index < -0.39 is 6.10 Å². The lowest BCUT2D eigenvalue weighted by Crippen LogP contribution is -3.27. The highest BCUT2D eigenvalue weighted by Gasteiger charge is 2.23. The Morgan fingerprint density at radius 3 is 2.68 bits per heavy atom. The molecule has 1 aromatic carbocycles. The molecule has 154 valence electrons. The molecule has 2 aromatic rings. The molecule has 1 atom stereocenters. The van der Waals surface area contributed by atoms with Gasteiger partial charge in [-0.05, 0) is 32.0 Å². The van der Waals surface area contributed by atoms with E-state index in [9.17, 15) is 9.90 Å². The van der Waals surface area contributed by atoms with Gasteiger partial charge in [-0.15, -0.1) is 0 Å². The predicted octanol–water partition coefficient (Wildman–Crippen LogP) is -1.18. The smallest absolute Gasteiger partial charge is 0.340 e. The number of aliphatic hydroxyl groups is 1. The summed E-state index contributed by atoms with van der Waals surface area (Å²) in [5.41, 5.74) is 2.40. The van der Waals surface area contributed by atoms with E-state index in [-0.39, 0.29) is 12.6 Å². The van der Waals surface area contributed by atoms with Crippen LogP contribution < -0.4 is 14.5 Å². The molecule has 1 fully saturated rings. The van der Waals surface area contributed by atoms with Crippen molar-refractivity contribution in [1.82, 2.24) is 4.57 Å². The van der Waals surface area contributed by atoms with Crippen molar-refractivity contribution in [2.24, 2.45) is 7.05 Å². The molecule has 7 nitrogen and oxygen atoms in total. The van der Waals surface area contributed by atoms with E-state index in [0.717, 1.165) is 42.8 Å². The van der Waals surface area contributed by atoms with Crippen LogP contribution in [0.1, 0.15) is 23.0 Å². The first-order valence-electron chi connectivity index (χ1n) is 10.1. The fourth-order valence-corrected chi connectivity index (χ4v) is 3.92. The minimum Gasteiger partial charge on any atom is -0.491 e. The number of nitrogens with zero attached hydrogens (tertiary/aromatic N) is 1. The van der Waals surface area contributed by atoms with Gasteiger partial charge in [0.2, 0.25) is 0 Å². The SMILES string of the molecule is CCOC(=O)c1c(C)n(C)c2ccc(OC[C@H](O)C[NH+]3CC[NH+](C)CC3)cc12. The number of nitrogens with one attached hydrogen (secondary N) is 2. The number of hydrogen-bond acceptors (Lipinski definition) is 4. The van der Waals surface area contributed by atoms with Gasteiger partial charge in [0, 0.05) is 23.6 Å². The van der Waals surface area contributed by atoms with Crippen LogP contribution in [-0.2, 0) is 11.8 Å². The number of aryl methyl sites for hydroxylation is 1. The second-order valence-corrected chi connectivity index (χ2v) is 7.79. The Morgan fingerprint density at radius 1 is 1.29 bits per heavy atom. The molecule has 0 saturated carbocycles. The molecule has 0 unspecified atom stereocenters. The number of esters is 1. The van der Waals surface area contributed by atoms with Crippen molar-refractivity contribution in [1.29, 1.82) is 0 Å². The monoisotopic (exact) mass is 391 g/mol. The van der Waals surface area contributed by atoms with Gasteiger partial charge >= 0.3 is 5.97 Å². The van der Waals surface area contributed by atoms with Gasteiger partial charge < -0.3 is 28.9 Å². The van der Waals surface area contributed by atoms with Crippen molar-refractivity contribution >= 4 is 16.9 Å². The van der Waals surface area contributed by atoms with E-state index in [1.807, 2.05) is 36.7 Å². The fraction of sp³-hybridized carbons (Fsp3) is 0.571. The first kappa shape index (κ1) is 20.6. The highest BCUT2D eigenvalue weighted by atomic mass is 16.5. The summed E-state index contributed by atoms with van der Waals surface area (Å²) in [7, 11) is 4.15. The van der Waals surface area contributed by atoms with Crippen molar-refractivity contribution < 1.29 is 29.2 Å². The number of fused-ring (bicyclic) bond motifs is 1. The Labute approximate surface area is 166 Å². The number of likely N-dealkylation sites (N-methyl/N-ethyl adjacent to an activating group) is 1. The average molecular weight is 392 g/mol. The van der Waals surface area contributed by atoms with E-state index in [1.165, 1.54) is 4.90 Å². The average Bonchev–Trinajstić information content (AvgIpc) is 2.92. The molecule has 1 aliphatic rings. The highest BCUT2D eigenvalue weighted by Crippen LogP contribution is 2.29. The van der Waals surface area contributed by atoms with Crippen LogP contribution in [0, 0.1) is 6.92 Å². The van der Waals surface area contributed by atoms with E-state index in [1.54, 1.807) is 11.8 Å². The summed E-state index contributed by atoms with van der Waals surface area (Å²) in [4.78, 5) is 15.4. The molecule has 0 amide bonds. The van der Waals surface area contributed by atoms with E-state index in [4.69, 9.17) is 9.47 Å². The largest absolute Gasteiger partial charge is 0.491 e. The number of benzene rings is 1. The van der Waals surface area contributed by atoms with Gasteiger partial charge in [-0.3, -0.25) is 0 Å². The first-order valence-corrected chi connectivity index (χ1v) is 10.1. The third kappa shape index (κ3) is 4.48. The van der Waals surface area contributed by atoms with E-state index in [0.29, 0.717) is 24.5 Å². The first-order chi connectivity index (χ1) is 13.4. The highest BCUT2D eigenvalue weighted by molar-refractivity contribution is 6.06. The van der Waals surface area contributed by atoms with Crippen molar-refractivity contribution in [3.8, 4) is 5.75 Å². The zero-order chi connectivity index (χ0) is 20.3. The Bertz CT molecular complexity index is 825. The molecule has 0 bridgehead atoms. The maximum absolute atomic E-state index is 12.4. The molecular formula is C21H33N3O4+2. The number of aromatic nitrogens is 1. The molecule has 1 aliphatic heterocycles. The Morgan fingerprint density at radius 2 is 2.00 bits per heavy atom. The Kier molecular flexibility index (Phi) is 6.59. The number of piperazine rings is 1. The Balaban J connectivity index is 1.68. The summed E-state index contributed by atoms with van der Waals surface area (Å²) < 4.78 is 13.1. The van der Waals surface area contributed by atoms with Gasteiger partial charge in [0.05, 0.1) is 19.2 Å². The van der Waals surface area contributed by atoms with Gasteiger partial charge in [0.15, 0.2) is 0 Å². The van der Waals surface area contributed by atoms with Crippen LogP contribution in [-0.4, -0.2) is 74.7 Å². The van der Waals surface area contributed by atoms with Crippen LogP contribution in [0.5, 0.6) is 5.75 Å². The third-order valence-electron chi connectivity index (χ3n) is 5.72. The van der Waals surface area contributed by atoms with Gasteiger partial charge in [0.25, 0.3) is 0 Å². The van der Waals surface area contributed by atoms with Crippen LogP contribution in [0.25, 0.3) is 10.9 Å². The third-order valence-corrected chi connectivity index (χ3v) is 5.72.